The topological polar surface area (TPSA) is 6.48 Å². The van der Waals surface area contributed by atoms with Gasteiger partial charge < -0.3 is 9.80 Å². The van der Waals surface area contributed by atoms with Crippen LogP contribution in [0.3, 0.4) is 0 Å². The first kappa shape index (κ1) is 44.1. The monoisotopic (exact) mass is 948 g/mol. The van der Waals surface area contributed by atoms with Crippen molar-refractivity contribution < 1.29 is 26.3 Å². The molecule has 0 aliphatic rings. The molecule has 0 fully saturated rings. The third-order valence-electron chi connectivity index (χ3n) is 13.4. The number of hydrogen-bond acceptors (Lipinski definition) is 2. The summed E-state index contributed by atoms with van der Waals surface area (Å²) in [6.45, 7) is 0. The summed E-state index contributed by atoms with van der Waals surface area (Å²) in [4.78, 5) is 3.02. The summed E-state index contributed by atoms with van der Waals surface area (Å²) in [5.41, 5.74) is 5.41. The minimum absolute atomic E-state index is 0.0235. The van der Waals surface area contributed by atoms with Crippen molar-refractivity contribution in [3.63, 3.8) is 0 Å². The van der Waals surface area contributed by atoms with Gasteiger partial charge in [-0.15, -0.1) is 0 Å². The van der Waals surface area contributed by atoms with Gasteiger partial charge in [-0.1, -0.05) is 146 Å². The molecule has 12 aromatic carbocycles. The Kier molecular flexibility index (Phi) is 11.0. The van der Waals surface area contributed by atoms with Crippen LogP contribution in [0.5, 0.6) is 0 Å². The first-order chi connectivity index (χ1) is 35.2. The lowest BCUT2D eigenvalue weighted by atomic mass is 9.91. The summed E-state index contributed by atoms with van der Waals surface area (Å²) in [6.07, 6.45) is 0. The standard InChI is InChI=1S/C64H38F6N2/c65-51-29-21-43(39-11-3-1-4-12-39)35-49(51)45-23-31-55(69)61(37-45)71(59-17-9-7-15-53(59)67)57-33-25-41-20-28-48-58(34-26-42-19-27-47(57)63(41)64(42)48)72(60-18-10-8-16-54(60)68)62-38-46(24-32-56(62)70)50-36-44(22-30-52(50)66)40-13-5-2-6-14-40/h1-38H. The first-order valence-corrected chi connectivity index (χ1v) is 23.3. The van der Waals surface area contributed by atoms with Crippen LogP contribution in [-0.4, -0.2) is 0 Å². The molecule has 0 radical (unpaired) electrons. The first-order valence-electron chi connectivity index (χ1n) is 23.3. The van der Waals surface area contributed by atoms with Crippen molar-refractivity contribution in [1.82, 2.24) is 0 Å². The molecular weight excluding hydrogens is 911 g/mol. The molecule has 0 aliphatic carbocycles. The highest BCUT2D eigenvalue weighted by Gasteiger charge is 2.27. The van der Waals surface area contributed by atoms with Gasteiger partial charge >= 0.3 is 0 Å². The van der Waals surface area contributed by atoms with E-state index in [2.05, 4.69) is 0 Å². The van der Waals surface area contributed by atoms with Gasteiger partial charge in [0.25, 0.3) is 0 Å². The van der Waals surface area contributed by atoms with Crippen molar-refractivity contribution >= 4 is 66.4 Å². The third-order valence-corrected chi connectivity index (χ3v) is 13.4. The number of hydrogen-bond donors (Lipinski definition) is 0. The van der Waals surface area contributed by atoms with Crippen molar-refractivity contribution in [2.24, 2.45) is 0 Å². The lowest BCUT2D eigenvalue weighted by Crippen LogP contribution is -2.15. The fraction of sp³-hybridized carbons (Fsp3) is 0. The predicted molar refractivity (Wildman–Crippen MR) is 281 cm³/mol. The van der Waals surface area contributed by atoms with Crippen LogP contribution in [0.1, 0.15) is 0 Å². The Labute approximate surface area is 410 Å². The van der Waals surface area contributed by atoms with E-state index >= 15 is 26.3 Å². The number of benzene rings is 12. The van der Waals surface area contributed by atoms with Gasteiger partial charge in [-0.05, 0) is 140 Å². The Morgan fingerprint density at radius 1 is 0.222 bits per heavy atom. The van der Waals surface area contributed by atoms with Gasteiger partial charge in [0.1, 0.15) is 34.9 Å². The Morgan fingerprint density at radius 3 is 0.986 bits per heavy atom. The van der Waals surface area contributed by atoms with Crippen molar-refractivity contribution in [2.45, 2.75) is 0 Å². The van der Waals surface area contributed by atoms with Crippen LogP contribution in [0.15, 0.2) is 231 Å². The number of anilines is 6. The highest BCUT2D eigenvalue weighted by Crippen LogP contribution is 2.50. The maximum absolute atomic E-state index is 16.7. The second-order valence-electron chi connectivity index (χ2n) is 17.6. The van der Waals surface area contributed by atoms with Gasteiger partial charge in [0.05, 0.1) is 34.1 Å². The second kappa shape index (κ2) is 18.0. The summed E-state index contributed by atoms with van der Waals surface area (Å²) in [7, 11) is 0. The van der Waals surface area contributed by atoms with Crippen LogP contribution in [-0.2, 0) is 0 Å². The smallest absolute Gasteiger partial charge is 0.147 e. The summed E-state index contributed by atoms with van der Waals surface area (Å²) in [5, 5.41) is 4.29. The normalized spacial score (nSPS) is 11.5. The molecule has 0 aliphatic heterocycles. The van der Waals surface area contributed by atoms with E-state index in [1.165, 1.54) is 70.5 Å². The van der Waals surface area contributed by atoms with Crippen LogP contribution < -0.4 is 9.80 Å². The lowest BCUT2D eigenvalue weighted by Gasteiger charge is -2.30. The van der Waals surface area contributed by atoms with E-state index in [1.807, 2.05) is 97.1 Å². The highest BCUT2D eigenvalue weighted by atomic mass is 19.1. The SMILES string of the molecule is Fc1ccc(-c2ccccc2)cc1-c1ccc(F)c(N(c2ccccc2F)c2ccc3ccc4c(N(c5ccccc5F)c5cc(-c6cc(-c7ccccc7)ccc6F)ccc5F)ccc5ccc2c3c54)c1. The predicted octanol–water partition coefficient (Wildman–Crippen LogP) is 19.0. The highest BCUT2D eigenvalue weighted by molar-refractivity contribution is 6.28. The number of para-hydroxylation sites is 2. The summed E-state index contributed by atoms with van der Waals surface area (Å²) in [6, 6.07) is 64.4. The molecule has 0 amide bonds. The maximum Gasteiger partial charge on any atom is 0.147 e. The second-order valence-corrected chi connectivity index (χ2v) is 17.6. The Morgan fingerprint density at radius 2 is 0.569 bits per heavy atom. The van der Waals surface area contributed by atoms with Gasteiger partial charge in [0.2, 0.25) is 0 Å². The zero-order valence-electron chi connectivity index (χ0n) is 38.1. The molecular formula is C64H38F6N2. The number of nitrogens with zero attached hydrogens (tertiary/aromatic N) is 2. The zero-order chi connectivity index (χ0) is 49.0. The molecule has 0 bridgehead atoms. The number of halogens is 6. The average Bonchev–Trinajstić information content (AvgIpc) is 3.41. The quantitative estimate of drug-likeness (QED) is 0.0996. The molecule has 72 heavy (non-hydrogen) atoms. The minimum atomic E-state index is -0.675. The molecule has 0 N–H and O–H groups in total. The fourth-order valence-corrected chi connectivity index (χ4v) is 10.0. The van der Waals surface area contributed by atoms with E-state index in [-0.39, 0.29) is 33.9 Å². The molecule has 2 nitrogen and oxygen atoms in total. The molecule has 0 atom stereocenters. The summed E-state index contributed by atoms with van der Waals surface area (Å²) >= 11 is 0. The van der Waals surface area contributed by atoms with E-state index in [9.17, 15) is 0 Å². The van der Waals surface area contributed by atoms with Crippen molar-refractivity contribution in [2.75, 3.05) is 9.80 Å². The Bertz CT molecular complexity index is 3760. The van der Waals surface area contributed by atoms with E-state index in [0.29, 0.717) is 33.3 Å². The molecule has 0 unspecified atom stereocenters. The van der Waals surface area contributed by atoms with Crippen LogP contribution in [0.25, 0.3) is 76.8 Å². The molecule has 0 saturated carbocycles. The molecule has 12 rings (SSSR count). The van der Waals surface area contributed by atoms with Crippen LogP contribution in [0.2, 0.25) is 0 Å². The van der Waals surface area contributed by atoms with Gasteiger partial charge in [0, 0.05) is 21.9 Å². The molecule has 0 spiro atoms. The van der Waals surface area contributed by atoms with Crippen LogP contribution >= 0.6 is 0 Å². The zero-order valence-corrected chi connectivity index (χ0v) is 38.1. The average molecular weight is 949 g/mol. The van der Waals surface area contributed by atoms with Crippen LogP contribution in [0.4, 0.5) is 60.5 Å². The van der Waals surface area contributed by atoms with E-state index in [0.717, 1.165) is 43.8 Å². The summed E-state index contributed by atoms with van der Waals surface area (Å²) in [5.74, 6) is -3.61. The third kappa shape index (κ3) is 7.65. The maximum atomic E-state index is 16.7. The van der Waals surface area contributed by atoms with Gasteiger partial charge in [0.15, 0.2) is 0 Å². The van der Waals surface area contributed by atoms with E-state index in [4.69, 9.17) is 0 Å². The summed E-state index contributed by atoms with van der Waals surface area (Å²) < 4.78 is 97.8. The van der Waals surface area contributed by atoms with Gasteiger partial charge in [-0.2, -0.15) is 0 Å². The molecule has 0 aromatic heterocycles. The fourth-order valence-electron chi connectivity index (χ4n) is 10.0. The molecule has 346 valence electrons. The lowest BCUT2D eigenvalue weighted by molar-refractivity contribution is 0.618. The Balaban J connectivity index is 1.06. The van der Waals surface area contributed by atoms with Crippen LogP contribution in [0, 0.1) is 34.9 Å². The van der Waals surface area contributed by atoms with Crippen molar-refractivity contribution in [3.8, 4) is 44.5 Å². The molecule has 0 heterocycles. The van der Waals surface area contributed by atoms with E-state index < -0.39 is 34.9 Å². The minimum Gasteiger partial charge on any atom is -0.304 e. The van der Waals surface area contributed by atoms with Crippen molar-refractivity contribution in [1.29, 1.82) is 0 Å². The largest absolute Gasteiger partial charge is 0.304 e. The molecule has 12 aromatic rings. The van der Waals surface area contributed by atoms with E-state index in [1.54, 1.807) is 72.8 Å². The number of rotatable bonds is 10. The van der Waals surface area contributed by atoms with Gasteiger partial charge in [-0.3, -0.25) is 0 Å². The van der Waals surface area contributed by atoms with Gasteiger partial charge in [-0.25, -0.2) is 26.3 Å². The Hall–Kier alpha value is -9.14. The van der Waals surface area contributed by atoms with Crippen molar-refractivity contribution in [3.05, 3.63) is 265 Å². The molecule has 0 saturated heterocycles. The molecule has 8 heteroatoms.